The standard InChI is InChI=1S/C43H55NO5/c1-28(2)35-24-22-30(5)26-37(35)47-41(45)43(42(46)48-38-27-31(6)23-25-36(38)29(3)4)39(32-16-10-7-11-17-32)44(34-20-14-9-15-21-34)49-40(43)33-18-12-8-13-19-33/h7-21,28-31,35-40H,22-27H2,1-6H3/t30-,31-,35+,36+,37-,38-,39+,40+/m1/s1. The predicted octanol–water partition coefficient (Wildman–Crippen LogP) is 9.92. The Bertz CT molecular complexity index is 1480. The average molecular weight is 666 g/mol. The van der Waals surface area contributed by atoms with Crippen molar-refractivity contribution in [3.05, 3.63) is 102 Å². The van der Waals surface area contributed by atoms with Crippen LogP contribution in [0.5, 0.6) is 0 Å². The first-order valence-electron chi connectivity index (χ1n) is 18.6. The maximum atomic E-state index is 15.6. The monoisotopic (exact) mass is 665 g/mol. The van der Waals surface area contributed by atoms with Gasteiger partial charge in [0.1, 0.15) is 24.4 Å². The molecular formula is C43H55NO5. The maximum Gasteiger partial charge on any atom is 0.329 e. The smallest absolute Gasteiger partial charge is 0.329 e. The molecule has 3 aromatic carbocycles. The van der Waals surface area contributed by atoms with Gasteiger partial charge >= 0.3 is 11.9 Å². The van der Waals surface area contributed by atoms with E-state index < -0.39 is 29.5 Å². The molecule has 3 aromatic rings. The van der Waals surface area contributed by atoms with E-state index >= 15 is 9.59 Å². The summed E-state index contributed by atoms with van der Waals surface area (Å²) in [5.41, 5.74) is 0.403. The molecule has 6 rings (SSSR count). The Labute approximate surface area is 293 Å². The van der Waals surface area contributed by atoms with Gasteiger partial charge in [-0.3, -0.25) is 14.4 Å². The number of nitrogens with zero attached hydrogens (tertiary/aromatic N) is 1. The minimum atomic E-state index is -1.86. The number of benzene rings is 3. The van der Waals surface area contributed by atoms with Gasteiger partial charge in [-0.2, -0.15) is 0 Å². The number of hydrogen-bond donors (Lipinski definition) is 0. The molecule has 262 valence electrons. The van der Waals surface area contributed by atoms with Gasteiger partial charge in [-0.1, -0.05) is 133 Å². The van der Waals surface area contributed by atoms with Gasteiger partial charge < -0.3 is 9.47 Å². The highest BCUT2D eigenvalue weighted by molar-refractivity contribution is 6.03. The van der Waals surface area contributed by atoms with Crippen molar-refractivity contribution in [3.8, 4) is 0 Å². The van der Waals surface area contributed by atoms with E-state index in [-0.39, 0.29) is 24.0 Å². The number of anilines is 1. The van der Waals surface area contributed by atoms with Crippen molar-refractivity contribution in [2.24, 2.45) is 40.9 Å². The Morgan fingerprint density at radius 2 is 1.08 bits per heavy atom. The van der Waals surface area contributed by atoms with Gasteiger partial charge in [-0.15, -0.1) is 0 Å². The zero-order chi connectivity index (χ0) is 34.7. The molecule has 0 amide bonds. The molecule has 0 unspecified atom stereocenters. The van der Waals surface area contributed by atoms with Crippen LogP contribution in [0.15, 0.2) is 91.0 Å². The van der Waals surface area contributed by atoms with E-state index in [1.807, 2.05) is 91.0 Å². The maximum absolute atomic E-state index is 15.6. The van der Waals surface area contributed by atoms with Crippen molar-refractivity contribution < 1.29 is 23.9 Å². The lowest BCUT2D eigenvalue weighted by Crippen LogP contribution is -2.53. The summed E-state index contributed by atoms with van der Waals surface area (Å²) < 4.78 is 13.5. The molecule has 1 heterocycles. The van der Waals surface area contributed by atoms with E-state index in [0.717, 1.165) is 55.3 Å². The van der Waals surface area contributed by atoms with Gasteiger partial charge in [-0.25, -0.2) is 5.06 Å². The minimum absolute atomic E-state index is 0.204. The third-order valence-corrected chi connectivity index (χ3v) is 11.6. The van der Waals surface area contributed by atoms with Crippen molar-refractivity contribution in [2.75, 3.05) is 5.06 Å². The van der Waals surface area contributed by atoms with Crippen LogP contribution in [0.2, 0.25) is 0 Å². The Morgan fingerprint density at radius 1 is 0.653 bits per heavy atom. The fourth-order valence-corrected chi connectivity index (χ4v) is 8.85. The summed E-state index contributed by atoms with van der Waals surface area (Å²) in [7, 11) is 0. The van der Waals surface area contributed by atoms with E-state index in [4.69, 9.17) is 14.3 Å². The van der Waals surface area contributed by atoms with Crippen LogP contribution in [0.4, 0.5) is 5.69 Å². The second-order valence-electron chi connectivity index (χ2n) is 15.8. The molecule has 3 aliphatic rings. The number of hydroxylamine groups is 1. The topological polar surface area (TPSA) is 65.1 Å². The van der Waals surface area contributed by atoms with Crippen LogP contribution in [-0.4, -0.2) is 24.1 Å². The minimum Gasteiger partial charge on any atom is -0.461 e. The van der Waals surface area contributed by atoms with Crippen LogP contribution >= 0.6 is 0 Å². The second-order valence-corrected chi connectivity index (χ2v) is 15.8. The summed E-state index contributed by atoms with van der Waals surface area (Å²) >= 11 is 0. The summed E-state index contributed by atoms with van der Waals surface area (Å²) in [6.07, 6.45) is 4.11. The van der Waals surface area contributed by atoms with Gasteiger partial charge in [0.2, 0.25) is 5.41 Å². The molecule has 2 saturated carbocycles. The summed E-state index contributed by atoms with van der Waals surface area (Å²) in [5.74, 6) is 0.787. The summed E-state index contributed by atoms with van der Waals surface area (Å²) in [6.45, 7) is 13.3. The number of carbonyl (C=O) groups excluding carboxylic acids is 2. The lowest BCUT2D eigenvalue weighted by molar-refractivity contribution is -0.191. The molecule has 3 fully saturated rings. The van der Waals surface area contributed by atoms with E-state index in [9.17, 15) is 0 Å². The molecule has 8 atom stereocenters. The molecule has 0 spiro atoms. The van der Waals surface area contributed by atoms with Crippen molar-refractivity contribution in [1.29, 1.82) is 0 Å². The van der Waals surface area contributed by atoms with Crippen molar-refractivity contribution in [3.63, 3.8) is 0 Å². The fraction of sp³-hybridized carbons (Fsp3) is 0.535. The highest BCUT2D eigenvalue weighted by Crippen LogP contribution is 2.59. The van der Waals surface area contributed by atoms with Crippen molar-refractivity contribution in [1.82, 2.24) is 0 Å². The first-order chi connectivity index (χ1) is 23.6. The van der Waals surface area contributed by atoms with Crippen LogP contribution in [-0.2, 0) is 23.9 Å². The number of para-hydroxylation sites is 1. The Hall–Kier alpha value is -3.64. The molecule has 6 nitrogen and oxygen atoms in total. The number of ether oxygens (including phenoxy) is 2. The Morgan fingerprint density at radius 3 is 1.53 bits per heavy atom. The third-order valence-electron chi connectivity index (χ3n) is 11.6. The highest BCUT2D eigenvalue weighted by Gasteiger charge is 2.70. The molecule has 0 radical (unpaired) electrons. The molecule has 0 bridgehead atoms. The van der Waals surface area contributed by atoms with Crippen LogP contribution in [0.3, 0.4) is 0 Å². The molecular weight excluding hydrogens is 610 g/mol. The third kappa shape index (κ3) is 7.04. The zero-order valence-electron chi connectivity index (χ0n) is 30.2. The van der Waals surface area contributed by atoms with Crippen LogP contribution in [0, 0.1) is 40.9 Å². The number of rotatable bonds is 9. The summed E-state index contributed by atoms with van der Waals surface area (Å²) in [4.78, 5) is 38.1. The fourth-order valence-electron chi connectivity index (χ4n) is 8.85. The molecule has 0 aromatic heterocycles. The summed E-state index contributed by atoms with van der Waals surface area (Å²) in [5, 5.41) is 1.77. The van der Waals surface area contributed by atoms with Gasteiger partial charge in [0.05, 0.1) is 5.69 Å². The molecule has 6 heteroatoms. The van der Waals surface area contributed by atoms with E-state index in [1.165, 1.54) is 0 Å². The zero-order valence-corrected chi connectivity index (χ0v) is 30.2. The van der Waals surface area contributed by atoms with Crippen LogP contribution in [0.1, 0.15) is 103 Å². The quantitative estimate of drug-likeness (QED) is 0.167. The molecule has 49 heavy (non-hydrogen) atoms. The molecule has 0 N–H and O–H groups in total. The first-order valence-corrected chi connectivity index (χ1v) is 18.6. The average Bonchev–Trinajstić information content (AvgIpc) is 3.47. The Kier molecular flexibility index (Phi) is 10.8. The molecule has 1 aliphatic heterocycles. The van der Waals surface area contributed by atoms with Gasteiger partial charge in [-0.05, 0) is 84.5 Å². The van der Waals surface area contributed by atoms with Gasteiger partial charge in [0.25, 0.3) is 0 Å². The van der Waals surface area contributed by atoms with E-state index in [0.29, 0.717) is 23.7 Å². The predicted molar refractivity (Wildman–Crippen MR) is 193 cm³/mol. The largest absolute Gasteiger partial charge is 0.461 e. The Balaban J connectivity index is 1.56. The number of hydrogen-bond acceptors (Lipinski definition) is 6. The lowest BCUT2D eigenvalue weighted by atomic mass is 9.70. The first kappa shape index (κ1) is 35.2. The molecule has 2 aliphatic carbocycles. The SMILES string of the molecule is CC(C)[C@@H]1CC[C@@H](C)C[C@H]1OC(=O)C1(C(=O)O[C@@H]2C[C@H](C)CC[C@H]2C(C)C)[C@H](c2ccccc2)N(c2ccccc2)O[C@H]1c1ccccc1. The molecule has 1 saturated heterocycles. The van der Waals surface area contributed by atoms with Crippen molar-refractivity contribution >= 4 is 17.6 Å². The lowest BCUT2D eigenvalue weighted by Gasteiger charge is -2.42. The number of esters is 2. The second kappa shape index (κ2) is 15.1. The highest BCUT2D eigenvalue weighted by atomic mass is 16.7. The van der Waals surface area contributed by atoms with E-state index in [1.54, 1.807) is 5.06 Å². The van der Waals surface area contributed by atoms with Gasteiger partial charge in [0, 0.05) is 0 Å². The van der Waals surface area contributed by atoms with Gasteiger partial charge in [0.15, 0.2) is 0 Å². The van der Waals surface area contributed by atoms with E-state index in [2.05, 4.69) is 41.5 Å². The number of carbonyl (C=O) groups is 2. The summed E-state index contributed by atoms with van der Waals surface area (Å²) in [6, 6.07) is 28.4. The van der Waals surface area contributed by atoms with Crippen LogP contribution in [0.25, 0.3) is 0 Å². The van der Waals surface area contributed by atoms with Crippen LogP contribution < -0.4 is 5.06 Å². The normalized spacial score (nSPS) is 29.9. The van der Waals surface area contributed by atoms with Crippen molar-refractivity contribution in [2.45, 2.75) is 104 Å².